The number of halogens is 2. The van der Waals surface area contributed by atoms with Gasteiger partial charge in [-0.25, -0.2) is 9.18 Å². The average molecular weight is 404 g/mol. The van der Waals surface area contributed by atoms with Crippen LogP contribution in [0.15, 0.2) is 22.7 Å². The van der Waals surface area contributed by atoms with Crippen molar-refractivity contribution in [3.05, 3.63) is 34.1 Å². The summed E-state index contributed by atoms with van der Waals surface area (Å²) in [5.41, 5.74) is -0.132. The van der Waals surface area contributed by atoms with Gasteiger partial charge < -0.3 is 14.8 Å². The zero-order valence-corrected chi connectivity index (χ0v) is 16.6. The molecule has 1 aromatic rings. The fraction of sp³-hybridized carbons (Fsp3) is 0.611. The van der Waals surface area contributed by atoms with Crippen molar-refractivity contribution in [1.82, 2.24) is 5.32 Å². The maximum Gasteiger partial charge on any atom is 0.407 e. The monoisotopic (exact) mass is 403 g/mol. The number of hydrogen-bond donors (Lipinski definition) is 1. The van der Waals surface area contributed by atoms with Crippen LogP contribution in [0.25, 0.3) is 0 Å². The van der Waals surface area contributed by atoms with E-state index in [0.29, 0.717) is 18.7 Å². The van der Waals surface area contributed by atoms with E-state index < -0.39 is 11.7 Å². The number of hydrogen-bond acceptors (Lipinski definition) is 3. The predicted octanol–water partition coefficient (Wildman–Crippen LogP) is 5.05. The highest BCUT2D eigenvalue weighted by Gasteiger charge is 2.21. The molecule has 6 heteroatoms. The average Bonchev–Trinajstić information content (AvgIpc) is 2.43. The SMILES string of the molecule is CC(C)(CCOCc1cc(Br)ccc1F)CNC(=O)OC(C)(C)C. The second-order valence-corrected chi connectivity index (χ2v) is 8.47. The standard InChI is InChI=1S/C18H27BrFNO3/c1-17(2,3)24-16(22)21-12-18(4,5)8-9-23-11-13-10-14(19)6-7-15(13)20/h6-7,10H,8-9,11-12H2,1-5H3,(H,21,22). The molecule has 0 radical (unpaired) electrons. The number of amides is 1. The first-order chi connectivity index (χ1) is 11.0. The van der Waals surface area contributed by atoms with Crippen LogP contribution in [0.1, 0.15) is 46.6 Å². The Labute approximate surface area is 152 Å². The molecule has 0 spiro atoms. The summed E-state index contributed by atoms with van der Waals surface area (Å²) in [4.78, 5) is 11.7. The van der Waals surface area contributed by atoms with Crippen LogP contribution in [0.3, 0.4) is 0 Å². The predicted molar refractivity (Wildman–Crippen MR) is 96.4 cm³/mol. The number of benzene rings is 1. The summed E-state index contributed by atoms with van der Waals surface area (Å²) in [5.74, 6) is -0.274. The molecule has 0 aliphatic heterocycles. The lowest BCUT2D eigenvalue weighted by molar-refractivity contribution is 0.0482. The fourth-order valence-electron chi connectivity index (χ4n) is 1.90. The summed E-state index contributed by atoms with van der Waals surface area (Å²) in [6.07, 6.45) is 0.311. The Bertz CT molecular complexity index is 556. The number of nitrogens with one attached hydrogen (secondary N) is 1. The Morgan fingerprint density at radius 2 is 1.92 bits per heavy atom. The fourth-order valence-corrected chi connectivity index (χ4v) is 2.31. The van der Waals surface area contributed by atoms with Crippen molar-refractivity contribution in [1.29, 1.82) is 0 Å². The molecule has 136 valence electrons. The van der Waals surface area contributed by atoms with E-state index in [1.807, 2.05) is 34.6 Å². The van der Waals surface area contributed by atoms with Crippen LogP contribution in [0.5, 0.6) is 0 Å². The van der Waals surface area contributed by atoms with Crippen molar-refractivity contribution in [2.24, 2.45) is 5.41 Å². The Morgan fingerprint density at radius 1 is 1.25 bits per heavy atom. The van der Waals surface area contributed by atoms with Crippen LogP contribution >= 0.6 is 15.9 Å². The van der Waals surface area contributed by atoms with E-state index in [1.165, 1.54) is 6.07 Å². The van der Waals surface area contributed by atoms with Gasteiger partial charge in [0.2, 0.25) is 0 Å². The molecule has 0 heterocycles. The van der Waals surface area contributed by atoms with E-state index in [-0.39, 0.29) is 17.8 Å². The zero-order valence-electron chi connectivity index (χ0n) is 15.0. The highest BCUT2D eigenvalue weighted by atomic mass is 79.9. The van der Waals surface area contributed by atoms with Crippen LogP contribution in [0.4, 0.5) is 9.18 Å². The summed E-state index contributed by atoms with van der Waals surface area (Å²) in [6.45, 7) is 10.7. The third-order valence-electron chi connectivity index (χ3n) is 3.30. The molecule has 1 amide bonds. The van der Waals surface area contributed by atoms with Gasteiger partial charge in [-0.15, -0.1) is 0 Å². The van der Waals surface area contributed by atoms with Gasteiger partial charge in [-0.1, -0.05) is 29.8 Å². The minimum absolute atomic E-state index is 0.146. The van der Waals surface area contributed by atoms with Crippen LogP contribution in [0.2, 0.25) is 0 Å². The summed E-state index contributed by atoms with van der Waals surface area (Å²) >= 11 is 3.32. The normalized spacial score (nSPS) is 12.1. The van der Waals surface area contributed by atoms with Gasteiger partial charge in [-0.2, -0.15) is 0 Å². The molecule has 1 rings (SSSR count). The largest absolute Gasteiger partial charge is 0.444 e. The van der Waals surface area contributed by atoms with Crippen molar-refractivity contribution >= 4 is 22.0 Å². The van der Waals surface area contributed by atoms with Crippen molar-refractivity contribution in [2.75, 3.05) is 13.2 Å². The van der Waals surface area contributed by atoms with Crippen molar-refractivity contribution < 1.29 is 18.7 Å². The molecule has 0 saturated carbocycles. The molecule has 0 atom stereocenters. The van der Waals surface area contributed by atoms with Gasteiger partial charge in [-0.05, 0) is 50.8 Å². The van der Waals surface area contributed by atoms with E-state index in [2.05, 4.69) is 21.2 Å². The van der Waals surface area contributed by atoms with Gasteiger partial charge in [0.15, 0.2) is 0 Å². The first kappa shape index (κ1) is 20.9. The van der Waals surface area contributed by atoms with Gasteiger partial charge in [0.25, 0.3) is 0 Å². The van der Waals surface area contributed by atoms with Crippen LogP contribution in [0, 0.1) is 11.2 Å². The number of alkyl carbamates (subject to hydrolysis) is 1. The molecule has 0 aliphatic carbocycles. The Kier molecular flexibility index (Phi) is 7.67. The van der Waals surface area contributed by atoms with Crippen molar-refractivity contribution in [3.8, 4) is 0 Å². The third kappa shape index (κ3) is 8.64. The lowest BCUT2D eigenvalue weighted by atomic mass is 9.90. The summed E-state index contributed by atoms with van der Waals surface area (Å²) in [6, 6.07) is 4.78. The molecule has 4 nitrogen and oxygen atoms in total. The highest BCUT2D eigenvalue weighted by molar-refractivity contribution is 9.10. The minimum Gasteiger partial charge on any atom is -0.444 e. The smallest absolute Gasteiger partial charge is 0.407 e. The lowest BCUT2D eigenvalue weighted by Gasteiger charge is -2.26. The molecule has 24 heavy (non-hydrogen) atoms. The van der Waals surface area contributed by atoms with E-state index in [0.717, 1.165) is 10.9 Å². The molecule has 0 unspecified atom stereocenters. The third-order valence-corrected chi connectivity index (χ3v) is 3.79. The topological polar surface area (TPSA) is 47.6 Å². The molecular formula is C18H27BrFNO3. The van der Waals surface area contributed by atoms with Gasteiger partial charge >= 0.3 is 6.09 Å². The quantitative estimate of drug-likeness (QED) is 0.648. The van der Waals surface area contributed by atoms with Gasteiger partial charge in [0.1, 0.15) is 11.4 Å². The summed E-state index contributed by atoms with van der Waals surface area (Å²) in [5, 5.41) is 2.77. The lowest BCUT2D eigenvalue weighted by Crippen LogP contribution is -2.38. The number of carbonyl (C=O) groups excluding carboxylic acids is 1. The maximum absolute atomic E-state index is 13.6. The van der Waals surface area contributed by atoms with Crippen molar-refractivity contribution in [2.45, 2.75) is 53.2 Å². The molecule has 0 aliphatic rings. The van der Waals surface area contributed by atoms with E-state index in [4.69, 9.17) is 9.47 Å². The zero-order chi connectivity index (χ0) is 18.4. The number of carbonyl (C=O) groups is 1. The second kappa shape index (κ2) is 8.81. The van der Waals surface area contributed by atoms with Gasteiger partial charge in [0, 0.05) is 23.2 Å². The number of ether oxygens (including phenoxy) is 2. The molecule has 0 aromatic heterocycles. The second-order valence-electron chi connectivity index (χ2n) is 7.56. The van der Waals surface area contributed by atoms with Gasteiger partial charge in [0.05, 0.1) is 6.61 Å². The molecule has 0 fully saturated rings. The molecular weight excluding hydrogens is 377 g/mol. The minimum atomic E-state index is -0.509. The first-order valence-corrected chi connectivity index (χ1v) is 8.76. The van der Waals surface area contributed by atoms with Gasteiger partial charge in [-0.3, -0.25) is 0 Å². The van der Waals surface area contributed by atoms with Crippen molar-refractivity contribution in [3.63, 3.8) is 0 Å². The highest BCUT2D eigenvalue weighted by Crippen LogP contribution is 2.21. The molecule has 1 aromatic carbocycles. The van der Waals surface area contributed by atoms with E-state index in [9.17, 15) is 9.18 Å². The van der Waals surface area contributed by atoms with Crippen LogP contribution < -0.4 is 5.32 Å². The summed E-state index contributed by atoms with van der Waals surface area (Å²) < 4.78 is 25.2. The Morgan fingerprint density at radius 3 is 2.54 bits per heavy atom. The molecule has 0 bridgehead atoms. The molecule has 0 saturated heterocycles. The first-order valence-electron chi connectivity index (χ1n) is 7.97. The Balaban J connectivity index is 2.32. The summed E-state index contributed by atoms with van der Waals surface area (Å²) in [7, 11) is 0. The molecule has 1 N–H and O–H groups in total. The van der Waals surface area contributed by atoms with Crippen LogP contribution in [-0.2, 0) is 16.1 Å². The van der Waals surface area contributed by atoms with E-state index >= 15 is 0 Å². The Hall–Kier alpha value is -1.14. The van der Waals surface area contributed by atoms with Crippen LogP contribution in [-0.4, -0.2) is 24.8 Å². The number of rotatable bonds is 7. The maximum atomic E-state index is 13.6. The van der Waals surface area contributed by atoms with E-state index in [1.54, 1.807) is 12.1 Å².